The first-order valence-corrected chi connectivity index (χ1v) is 6.70. The molecule has 0 atom stereocenters. The van der Waals surface area contributed by atoms with Crippen LogP contribution in [0.4, 0.5) is 0 Å². The molecular weight excluding hydrogens is 314 g/mol. The van der Waals surface area contributed by atoms with E-state index < -0.39 is 5.97 Å². The fraction of sp³-hybridized carbons (Fsp3) is 0.417. The van der Waals surface area contributed by atoms with Crippen molar-refractivity contribution in [1.29, 1.82) is 0 Å². The summed E-state index contributed by atoms with van der Waals surface area (Å²) in [6.07, 6.45) is 1.60. The van der Waals surface area contributed by atoms with Gasteiger partial charge in [-0.15, -0.1) is 5.10 Å². The molecule has 6 nitrogen and oxygen atoms in total. The lowest BCUT2D eigenvalue weighted by Crippen LogP contribution is -2.10. The number of rotatable bonds is 5. The van der Waals surface area contributed by atoms with Crippen molar-refractivity contribution in [2.45, 2.75) is 26.3 Å². The van der Waals surface area contributed by atoms with Gasteiger partial charge in [0.25, 0.3) is 0 Å². The van der Waals surface area contributed by atoms with Crippen LogP contribution in [0.1, 0.15) is 35.3 Å². The highest BCUT2D eigenvalue weighted by Crippen LogP contribution is 2.17. The molecule has 0 aliphatic heterocycles. The van der Waals surface area contributed by atoms with Crippen molar-refractivity contribution in [3.8, 4) is 0 Å². The molecule has 0 spiro atoms. The Balaban J connectivity index is 2.29. The van der Waals surface area contributed by atoms with Crippen LogP contribution in [0, 0.1) is 0 Å². The smallest absolute Gasteiger partial charge is 0.360 e. The molecule has 0 fully saturated rings. The molecule has 7 heteroatoms. The molecule has 2 heterocycles. The molecule has 0 saturated heterocycles. The maximum Gasteiger partial charge on any atom is 0.360 e. The molecule has 0 aliphatic rings. The molecule has 19 heavy (non-hydrogen) atoms. The first-order valence-electron chi connectivity index (χ1n) is 5.90. The first kappa shape index (κ1) is 13.8. The van der Waals surface area contributed by atoms with E-state index in [1.54, 1.807) is 4.68 Å². The Morgan fingerprint density at radius 3 is 2.89 bits per heavy atom. The van der Waals surface area contributed by atoms with Crippen LogP contribution in [0.3, 0.4) is 0 Å². The van der Waals surface area contributed by atoms with Crippen LogP contribution in [0.25, 0.3) is 0 Å². The quantitative estimate of drug-likeness (QED) is 0.789. The van der Waals surface area contributed by atoms with Gasteiger partial charge in [0.05, 0.1) is 12.8 Å². The molecule has 0 bridgehead atoms. The third-order valence-corrected chi connectivity index (χ3v) is 3.06. The third kappa shape index (κ3) is 3.04. The fourth-order valence-electron chi connectivity index (χ4n) is 1.78. The second kappa shape index (κ2) is 6.01. The van der Waals surface area contributed by atoms with Crippen molar-refractivity contribution >= 4 is 21.9 Å². The van der Waals surface area contributed by atoms with Crippen LogP contribution in [-0.4, -0.2) is 28.1 Å². The van der Waals surface area contributed by atoms with Crippen LogP contribution >= 0.6 is 15.9 Å². The number of carbonyl (C=O) groups is 1. The standard InChI is InChI=1S/C12H14BrN3O3/c1-3-4-9-11(12(17)18-2)14-15-16(9)7-8-5-6-10(13)19-8/h5-6H,3-4,7H2,1-2H3. The monoisotopic (exact) mass is 327 g/mol. The maximum absolute atomic E-state index is 11.6. The zero-order chi connectivity index (χ0) is 13.8. The summed E-state index contributed by atoms with van der Waals surface area (Å²) in [5, 5.41) is 7.89. The van der Waals surface area contributed by atoms with Gasteiger partial charge in [-0.3, -0.25) is 0 Å². The lowest BCUT2D eigenvalue weighted by Gasteiger charge is -2.04. The number of hydrogen-bond donors (Lipinski definition) is 0. The summed E-state index contributed by atoms with van der Waals surface area (Å²) in [6.45, 7) is 2.47. The lowest BCUT2D eigenvalue weighted by atomic mass is 10.2. The summed E-state index contributed by atoms with van der Waals surface area (Å²) in [5.41, 5.74) is 1.04. The molecule has 2 rings (SSSR count). The number of ether oxygens (including phenoxy) is 1. The molecular formula is C12H14BrN3O3. The van der Waals surface area contributed by atoms with E-state index in [9.17, 15) is 4.79 Å². The fourth-order valence-corrected chi connectivity index (χ4v) is 2.12. The molecule has 0 saturated carbocycles. The second-order valence-electron chi connectivity index (χ2n) is 3.99. The predicted molar refractivity (Wildman–Crippen MR) is 70.9 cm³/mol. The number of aromatic nitrogens is 3. The molecule has 0 aliphatic carbocycles. The zero-order valence-corrected chi connectivity index (χ0v) is 12.3. The van der Waals surface area contributed by atoms with Crippen LogP contribution < -0.4 is 0 Å². The summed E-state index contributed by atoms with van der Waals surface area (Å²) >= 11 is 3.25. The number of carbonyl (C=O) groups excluding carboxylic acids is 1. The lowest BCUT2D eigenvalue weighted by molar-refractivity contribution is 0.0592. The molecule has 0 N–H and O–H groups in total. The summed E-state index contributed by atoms with van der Waals surface area (Å²) < 4.78 is 12.5. The van der Waals surface area contributed by atoms with Gasteiger partial charge < -0.3 is 9.15 Å². The Morgan fingerprint density at radius 2 is 2.32 bits per heavy atom. The number of hydrogen-bond acceptors (Lipinski definition) is 5. The average molecular weight is 328 g/mol. The summed E-state index contributed by atoms with van der Waals surface area (Å²) in [7, 11) is 1.33. The van der Waals surface area contributed by atoms with E-state index >= 15 is 0 Å². The van der Waals surface area contributed by atoms with Crippen molar-refractivity contribution in [2.24, 2.45) is 0 Å². The van der Waals surface area contributed by atoms with E-state index in [2.05, 4.69) is 26.2 Å². The molecule has 0 amide bonds. The van der Waals surface area contributed by atoms with E-state index in [1.165, 1.54) is 7.11 Å². The van der Waals surface area contributed by atoms with E-state index in [1.807, 2.05) is 19.1 Å². The van der Waals surface area contributed by atoms with Crippen molar-refractivity contribution in [3.63, 3.8) is 0 Å². The minimum absolute atomic E-state index is 0.273. The highest BCUT2D eigenvalue weighted by molar-refractivity contribution is 9.10. The van der Waals surface area contributed by atoms with Crippen LogP contribution in [0.2, 0.25) is 0 Å². The first-order chi connectivity index (χ1) is 9.15. The number of halogens is 1. The van der Waals surface area contributed by atoms with Crippen LogP contribution in [0.5, 0.6) is 0 Å². The Hall–Kier alpha value is -1.63. The molecule has 2 aromatic heterocycles. The van der Waals surface area contributed by atoms with Crippen molar-refractivity contribution in [3.05, 3.63) is 34.0 Å². The largest absolute Gasteiger partial charge is 0.464 e. The van der Waals surface area contributed by atoms with E-state index in [4.69, 9.17) is 9.15 Å². The number of esters is 1. The summed E-state index contributed by atoms with van der Waals surface area (Å²) in [4.78, 5) is 11.6. The molecule has 0 aromatic carbocycles. The van der Waals surface area contributed by atoms with Gasteiger partial charge in [0.15, 0.2) is 10.4 Å². The van der Waals surface area contributed by atoms with Gasteiger partial charge in [0.2, 0.25) is 0 Å². The molecule has 0 radical (unpaired) electrons. The van der Waals surface area contributed by atoms with E-state index in [0.717, 1.165) is 17.9 Å². The minimum atomic E-state index is -0.463. The Morgan fingerprint density at radius 1 is 1.53 bits per heavy atom. The molecule has 0 unspecified atom stereocenters. The van der Waals surface area contributed by atoms with Gasteiger partial charge in [-0.25, -0.2) is 9.48 Å². The molecule has 2 aromatic rings. The van der Waals surface area contributed by atoms with Gasteiger partial charge >= 0.3 is 5.97 Å². The van der Waals surface area contributed by atoms with Crippen molar-refractivity contribution < 1.29 is 13.9 Å². The third-order valence-electron chi connectivity index (χ3n) is 2.64. The van der Waals surface area contributed by atoms with Crippen LogP contribution in [0.15, 0.2) is 21.2 Å². The summed E-state index contributed by atoms with van der Waals surface area (Å²) in [6, 6.07) is 3.66. The van der Waals surface area contributed by atoms with Gasteiger partial charge in [-0.1, -0.05) is 18.6 Å². The highest BCUT2D eigenvalue weighted by Gasteiger charge is 2.20. The zero-order valence-electron chi connectivity index (χ0n) is 10.7. The minimum Gasteiger partial charge on any atom is -0.464 e. The van der Waals surface area contributed by atoms with Crippen molar-refractivity contribution in [1.82, 2.24) is 15.0 Å². The predicted octanol–water partition coefficient (Wildman–Crippen LogP) is 2.42. The topological polar surface area (TPSA) is 70.2 Å². The van der Waals surface area contributed by atoms with Gasteiger partial charge in [-0.05, 0) is 34.5 Å². The molecule has 102 valence electrons. The average Bonchev–Trinajstić information content (AvgIpc) is 2.97. The SMILES string of the molecule is CCCc1c(C(=O)OC)nnn1Cc1ccc(Br)o1. The number of methoxy groups -OCH3 is 1. The highest BCUT2D eigenvalue weighted by atomic mass is 79.9. The normalized spacial score (nSPS) is 10.7. The maximum atomic E-state index is 11.6. The van der Waals surface area contributed by atoms with Gasteiger partial charge in [0.1, 0.15) is 12.3 Å². The number of nitrogens with zero attached hydrogens (tertiary/aromatic N) is 3. The summed E-state index contributed by atoms with van der Waals surface area (Å²) in [5.74, 6) is 0.279. The Bertz CT molecular complexity index is 577. The van der Waals surface area contributed by atoms with Gasteiger partial charge in [-0.2, -0.15) is 0 Å². The van der Waals surface area contributed by atoms with E-state index in [-0.39, 0.29) is 5.69 Å². The number of furan rings is 1. The van der Waals surface area contributed by atoms with Crippen molar-refractivity contribution in [2.75, 3.05) is 7.11 Å². The van der Waals surface area contributed by atoms with Gasteiger partial charge in [0, 0.05) is 0 Å². The Kier molecular flexibility index (Phi) is 4.36. The Labute approximate surface area is 118 Å². The second-order valence-corrected chi connectivity index (χ2v) is 4.77. The van der Waals surface area contributed by atoms with Crippen LogP contribution in [-0.2, 0) is 17.7 Å². The van der Waals surface area contributed by atoms with E-state index in [0.29, 0.717) is 17.6 Å².